The Hall–Kier alpha value is -6.15. The Morgan fingerprint density at radius 3 is 2.33 bits per heavy atom. The van der Waals surface area contributed by atoms with E-state index in [9.17, 15) is 15.0 Å². The zero-order valence-corrected chi connectivity index (χ0v) is 37.9. The molecule has 0 aromatic heterocycles. The summed E-state index contributed by atoms with van der Waals surface area (Å²) in [5.41, 5.74) is 5.25. The van der Waals surface area contributed by atoms with Gasteiger partial charge in [0.25, 0.3) is 0 Å². The summed E-state index contributed by atoms with van der Waals surface area (Å²) in [6.45, 7) is 5.27. The minimum absolute atomic E-state index is 0.00891. The van der Waals surface area contributed by atoms with Crippen LogP contribution in [0.3, 0.4) is 0 Å². The summed E-state index contributed by atoms with van der Waals surface area (Å²) in [6.07, 6.45) is 9.69. The smallest absolute Gasteiger partial charge is 0.412 e. The molecule has 6 unspecified atom stereocenters. The van der Waals surface area contributed by atoms with Crippen LogP contribution in [-0.4, -0.2) is 71.3 Å². The van der Waals surface area contributed by atoms with Crippen LogP contribution in [0, 0.1) is 23.7 Å². The van der Waals surface area contributed by atoms with Gasteiger partial charge in [0.1, 0.15) is 24.1 Å². The standard InChI is InChI=1S/C54H61N3O10/c1-2-27-64-54-49(57(52(60)39-20-21-39)33-38-19-23-47-48(28-38)63-35-62-47)31-45(56-65-34-37-15-7-4-8-16-37)43-29-40(17-9-11-25-58)42(18-10-12-26-59)50(51(43)54)44-30-41(22-24-46(44)67-54)66-53(61)55-32-36-13-5-3-6-14-36/h2-8,13-16,19,22-24,28-30,39-40,42,49-51,58-59H,1,9-12,17-18,20-21,25-27,31-35H2,(H,55,61). The van der Waals surface area contributed by atoms with Crippen molar-refractivity contribution in [2.45, 2.75) is 95.2 Å². The minimum atomic E-state index is -1.45. The molecule has 0 bridgehead atoms. The first-order valence-corrected chi connectivity index (χ1v) is 23.8. The van der Waals surface area contributed by atoms with Gasteiger partial charge in [-0.2, -0.15) is 0 Å². The number of hydrogen-bond donors (Lipinski definition) is 3. The van der Waals surface area contributed by atoms with Crippen LogP contribution in [0.2, 0.25) is 0 Å². The SMILES string of the molecule is C=CCOC12Oc3ccc(OC(=O)NCc4ccccc4)cc3C3C(CCCCO)C(CCCCO)C=C(C(=NOCc4ccccc4)CC1N(Cc1ccc4c(c1)OCO4)C(=O)C1CC1)C32. The van der Waals surface area contributed by atoms with Gasteiger partial charge >= 0.3 is 6.09 Å². The number of fused-ring (bicyclic) bond motifs is 3. The van der Waals surface area contributed by atoms with Crippen LogP contribution < -0.4 is 24.3 Å². The van der Waals surface area contributed by atoms with Crippen LogP contribution in [0.5, 0.6) is 23.0 Å². The third kappa shape index (κ3) is 10.2. The highest BCUT2D eigenvalue weighted by Gasteiger charge is 2.66. The molecule has 2 aliphatic heterocycles. The summed E-state index contributed by atoms with van der Waals surface area (Å²) in [5.74, 6) is -0.196. The Balaban J connectivity index is 1.19. The summed E-state index contributed by atoms with van der Waals surface area (Å²) < 4.78 is 32.1. The topological polar surface area (TPSA) is 158 Å². The van der Waals surface area contributed by atoms with Crippen molar-refractivity contribution < 1.29 is 48.3 Å². The summed E-state index contributed by atoms with van der Waals surface area (Å²) in [6, 6.07) is 30.1. The number of aliphatic hydroxyl groups is 2. The second-order valence-electron chi connectivity index (χ2n) is 18.2. The molecule has 2 saturated carbocycles. The monoisotopic (exact) mass is 911 g/mol. The number of hydrogen-bond acceptors (Lipinski definition) is 11. The first kappa shape index (κ1) is 46.0. The molecule has 0 radical (unpaired) electrons. The van der Waals surface area contributed by atoms with Gasteiger partial charge in [-0.05, 0) is 103 Å². The zero-order valence-electron chi connectivity index (χ0n) is 37.9. The van der Waals surface area contributed by atoms with Crippen molar-refractivity contribution in [1.82, 2.24) is 10.2 Å². The van der Waals surface area contributed by atoms with Gasteiger partial charge in [0.15, 0.2) is 11.5 Å². The lowest BCUT2D eigenvalue weighted by atomic mass is 9.55. The fourth-order valence-electron chi connectivity index (χ4n) is 10.5. The number of oxime groups is 1. The van der Waals surface area contributed by atoms with Crippen molar-refractivity contribution >= 4 is 17.7 Å². The number of amides is 2. The van der Waals surface area contributed by atoms with Crippen molar-refractivity contribution in [2.75, 3.05) is 26.6 Å². The number of aliphatic hydroxyl groups excluding tert-OH is 2. The molecule has 0 saturated heterocycles. The number of nitrogens with zero attached hydrogens (tertiary/aromatic N) is 2. The minimum Gasteiger partial charge on any atom is -0.459 e. The van der Waals surface area contributed by atoms with E-state index in [2.05, 4.69) is 18.0 Å². The van der Waals surface area contributed by atoms with Crippen molar-refractivity contribution in [3.05, 3.63) is 144 Å². The van der Waals surface area contributed by atoms with Crippen molar-refractivity contribution in [1.29, 1.82) is 0 Å². The molecule has 13 nitrogen and oxygen atoms in total. The van der Waals surface area contributed by atoms with Crippen LogP contribution in [0.15, 0.2) is 127 Å². The summed E-state index contributed by atoms with van der Waals surface area (Å²) >= 11 is 0. The number of rotatable bonds is 21. The first-order valence-electron chi connectivity index (χ1n) is 23.8. The molecule has 13 heteroatoms. The molecule has 4 aromatic carbocycles. The van der Waals surface area contributed by atoms with Gasteiger partial charge in [-0.25, -0.2) is 4.79 Å². The van der Waals surface area contributed by atoms with Crippen molar-refractivity contribution in [2.24, 2.45) is 28.8 Å². The molecule has 6 atom stereocenters. The maximum absolute atomic E-state index is 15.0. The summed E-state index contributed by atoms with van der Waals surface area (Å²) in [7, 11) is 0. The highest BCUT2D eigenvalue weighted by Crippen LogP contribution is 2.62. The molecule has 3 N–H and O–H groups in total. The third-order valence-electron chi connectivity index (χ3n) is 13.8. The fourth-order valence-corrected chi connectivity index (χ4v) is 10.5. The second kappa shape index (κ2) is 21.2. The predicted molar refractivity (Wildman–Crippen MR) is 251 cm³/mol. The molecular formula is C54H61N3O10. The lowest BCUT2D eigenvalue weighted by Crippen LogP contribution is -2.70. The number of benzene rings is 4. The van der Waals surface area contributed by atoms with Crippen LogP contribution in [0.4, 0.5) is 4.79 Å². The van der Waals surface area contributed by atoms with Gasteiger partial charge in [-0.15, -0.1) is 6.58 Å². The van der Waals surface area contributed by atoms with Gasteiger partial charge in [-0.1, -0.05) is 96.9 Å². The lowest BCUT2D eigenvalue weighted by molar-refractivity contribution is -0.258. The first-order chi connectivity index (χ1) is 32.9. The maximum atomic E-state index is 15.0. The lowest BCUT2D eigenvalue weighted by Gasteiger charge is -2.60. The van der Waals surface area contributed by atoms with E-state index >= 15 is 4.79 Å². The molecule has 5 aliphatic rings. The molecule has 4 aromatic rings. The molecule has 3 aliphatic carbocycles. The molecule has 352 valence electrons. The van der Waals surface area contributed by atoms with E-state index in [1.807, 2.05) is 95.9 Å². The van der Waals surface area contributed by atoms with E-state index in [4.69, 9.17) is 33.7 Å². The van der Waals surface area contributed by atoms with E-state index in [0.29, 0.717) is 48.1 Å². The van der Waals surface area contributed by atoms with Crippen molar-refractivity contribution in [3.63, 3.8) is 0 Å². The van der Waals surface area contributed by atoms with Gasteiger partial charge in [0.05, 0.1) is 18.2 Å². The number of ether oxygens (including phenoxy) is 5. The van der Waals surface area contributed by atoms with Crippen LogP contribution >= 0.6 is 0 Å². The van der Waals surface area contributed by atoms with Gasteiger partial charge in [-0.3, -0.25) is 4.79 Å². The average molecular weight is 912 g/mol. The summed E-state index contributed by atoms with van der Waals surface area (Å²) in [4.78, 5) is 36.6. The number of nitrogens with one attached hydrogen (secondary N) is 1. The molecular weight excluding hydrogens is 851 g/mol. The molecule has 9 rings (SSSR count). The van der Waals surface area contributed by atoms with Crippen LogP contribution in [0.25, 0.3) is 0 Å². The Morgan fingerprint density at radius 1 is 0.851 bits per heavy atom. The number of allylic oxidation sites excluding steroid dienone is 1. The third-order valence-corrected chi connectivity index (χ3v) is 13.8. The average Bonchev–Trinajstić information content (AvgIpc) is 4.10. The summed E-state index contributed by atoms with van der Waals surface area (Å²) in [5, 5.41) is 27.9. The van der Waals surface area contributed by atoms with E-state index in [1.165, 1.54) is 0 Å². The Kier molecular flexibility index (Phi) is 14.6. The predicted octanol–water partition coefficient (Wildman–Crippen LogP) is 8.98. The molecule has 67 heavy (non-hydrogen) atoms. The van der Waals surface area contributed by atoms with Gasteiger partial charge in [0.2, 0.25) is 18.5 Å². The normalized spacial score (nSPS) is 23.8. The Morgan fingerprint density at radius 2 is 1.58 bits per heavy atom. The van der Waals surface area contributed by atoms with Gasteiger partial charge in [0, 0.05) is 50.1 Å². The molecule has 2 fully saturated rings. The largest absolute Gasteiger partial charge is 0.459 e. The fraction of sp³-hybridized carbons (Fsp3) is 0.426. The van der Waals surface area contributed by atoms with E-state index in [-0.39, 0.29) is 75.8 Å². The van der Waals surface area contributed by atoms with E-state index in [1.54, 1.807) is 12.1 Å². The van der Waals surface area contributed by atoms with Crippen molar-refractivity contribution in [3.8, 4) is 23.0 Å². The maximum Gasteiger partial charge on any atom is 0.412 e. The Bertz CT molecular complexity index is 2420. The highest BCUT2D eigenvalue weighted by atomic mass is 16.7. The quantitative estimate of drug-likeness (QED) is 0.0419. The Labute approximate surface area is 392 Å². The van der Waals surface area contributed by atoms with Crippen LogP contribution in [-0.2, 0) is 34.1 Å². The molecule has 0 spiro atoms. The number of carbonyl (C=O) groups excluding carboxylic acids is 2. The number of carbonyl (C=O) groups is 2. The molecule has 2 amide bonds. The van der Waals surface area contributed by atoms with Gasteiger partial charge < -0.3 is 49.0 Å². The zero-order chi connectivity index (χ0) is 46.2. The van der Waals surface area contributed by atoms with E-state index < -0.39 is 23.8 Å². The molecule has 2 heterocycles. The number of unbranched alkanes of at least 4 members (excludes halogenated alkanes) is 2. The van der Waals surface area contributed by atoms with Crippen LogP contribution in [0.1, 0.15) is 86.0 Å². The second-order valence-corrected chi connectivity index (χ2v) is 18.2. The van der Waals surface area contributed by atoms with E-state index in [0.717, 1.165) is 66.4 Å². The highest BCUT2D eigenvalue weighted by molar-refractivity contribution is 6.03.